The summed E-state index contributed by atoms with van der Waals surface area (Å²) in [6.45, 7) is 1.58. The van der Waals surface area contributed by atoms with E-state index in [1.807, 2.05) is 31.2 Å². The number of alkyl halides is 3. The number of aryl methyl sites for hydroxylation is 1. The van der Waals surface area contributed by atoms with Crippen LogP contribution in [0.4, 0.5) is 13.2 Å². The Kier molecular flexibility index (Phi) is 5.48. The summed E-state index contributed by atoms with van der Waals surface area (Å²) in [4.78, 5) is 13.3. The molecule has 0 aliphatic heterocycles. The fourth-order valence-electron chi connectivity index (χ4n) is 2.52. The average Bonchev–Trinajstić information content (AvgIpc) is 3.16. The van der Waals surface area contributed by atoms with E-state index >= 15 is 0 Å². The fourth-order valence-corrected chi connectivity index (χ4v) is 2.52. The molecule has 0 saturated carbocycles. The van der Waals surface area contributed by atoms with Crippen LogP contribution in [0.25, 0.3) is 22.9 Å². The summed E-state index contributed by atoms with van der Waals surface area (Å²) in [7, 11) is 1.34. The maximum atomic E-state index is 12.3. The van der Waals surface area contributed by atoms with E-state index in [0.29, 0.717) is 17.3 Å². The SMILES string of the molecule is Cc1ccc(-c2nnc(-c3ccc(C(=O)N(C)CCC(F)(F)F)cc3)o2)cc1. The molecule has 1 heterocycles. The van der Waals surface area contributed by atoms with Crippen LogP contribution in [0, 0.1) is 6.92 Å². The van der Waals surface area contributed by atoms with Crippen molar-refractivity contribution in [3.63, 3.8) is 0 Å². The highest BCUT2D eigenvalue weighted by molar-refractivity contribution is 5.94. The van der Waals surface area contributed by atoms with Gasteiger partial charge in [0.25, 0.3) is 5.91 Å². The van der Waals surface area contributed by atoms with E-state index in [4.69, 9.17) is 4.42 Å². The van der Waals surface area contributed by atoms with E-state index in [2.05, 4.69) is 10.2 Å². The molecular weight excluding hydrogens is 371 g/mol. The zero-order chi connectivity index (χ0) is 20.3. The minimum Gasteiger partial charge on any atom is -0.416 e. The van der Waals surface area contributed by atoms with Crippen molar-refractivity contribution >= 4 is 5.91 Å². The normalized spacial score (nSPS) is 11.5. The lowest BCUT2D eigenvalue weighted by molar-refractivity contribution is -0.136. The van der Waals surface area contributed by atoms with Crippen molar-refractivity contribution < 1.29 is 22.4 Å². The zero-order valence-electron chi connectivity index (χ0n) is 15.3. The molecule has 0 atom stereocenters. The highest BCUT2D eigenvalue weighted by Crippen LogP contribution is 2.25. The van der Waals surface area contributed by atoms with Gasteiger partial charge in [-0.15, -0.1) is 10.2 Å². The second-order valence-corrected chi connectivity index (χ2v) is 6.45. The molecule has 8 heteroatoms. The molecule has 28 heavy (non-hydrogen) atoms. The van der Waals surface area contributed by atoms with Crippen LogP contribution in [-0.4, -0.2) is 40.8 Å². The van der Waals surface area contributed by atoms with Crippen LogP contribution in [0.1, 0.15) is 22.3 Å². The number of benzene rings is 2. The Morgan fingerprint density at radius 2 is 1.46 bits per heavy atom. The molecule has 1 aromatic heterocycles. The molecule has 5 nitrogen and oxygen atoms in total. The van der Waals surface area contributed by atoms with E-state index in [1.54, 1.807) is 12.1 Å². The van der Waals surface area contributed by atoms with Crippen molar-refractivity contribution in [3.05, 3.63) is 59.7 Å². The van der Waals surface area contributed by atoms with Crippen molar-refractivity contribution in [1.29, 1.82) is 0 Å². The number of carbonyl (C=O) groups is 1. The molecule has 0 bridgehead atoms. The lowest BCUT2D eigenvalue weighted by atomic mass is 10.1. The molecule has 0 saturated heterocycles. The van der Waals surface area contributed by atoms with Gasteiger partial charge in [-0.2, -0.15) is 13.2 Å². The number of carbonyl (C=O) groups excluding carboxylic acids is 1. The van der Waals surface area contributed by atoms with Crippen molar-refractivity contribution in [2.75, 3.05) is 13.6 Å². The number of rotatable bonds is 5. The standard InChI is InChI=1S/C20H18F3N3O2/c1-13-3-5-14(6-4-13)17-24-25-18(28-17)15-7-9-16(10-8-15)19(27)26(2)12-11-20(21,22)23/h3-10H,11-12H2,1-2H3. The lowest BCUT2D eigenvalue weighted by Crippen LogP contribution is -2.30. The number of aromatic nitrogens is 2. The monoisotopic (exact) mass is 389 g/mol. The third-order valence-corrected chi connectivity index (χ3v) is 4.18. The van der Waals surface area contributed by atoms with E-state index in [-0.39, 0.29) is 5.56 Å². The van der Waals surface area contributed by atoms with Crippen molar-refractivity contribution in [2.24, 2.45) is 0 Å². The van der Waals surface area contributed by atoms with Crippen LogP contribution >= 0.6 is 0 Å². The first-order valence-electron chi connectivity index (χ1n) is 8.56. The Hall–Kier alpha value is -3.16. The maximum Gasteiger partial charge on any atom is 0.390 e. The topological polar surface area (TPSA) is 59.2 Å². The highest BCUT2D eigenvalue weighted by atomic mass is 19.4. The molecule has 0 fully saturated rings. The third-order valence-electron chi connectivity index (χ3n) is 4.18. The van der Waals surface area contributed by atoms with Crippen LogP contribution in [0.5, 0.6) is 0 Å². The smallest absolute Gasteiger partial charge is 0.390 e. The number of amides is 1. The summed E-state index contributed by atoms with van der Waals surface area (Å²) in [6.07, 6.45) is -5.34. The van der Waals surface area contributed by atoms with Gasteiger partial charge >= 0.3 is 6.18 Å². The van der Waals surface area contributed by atoms with Gasteiger partial charge in [0.15, 0.2) is 0 Å². The maximum absolute atomic E-state index is 12.3. The van der Waals surface area contributed by atoms with Gasteiger partial charge in [0, 0.05) is 30.3 Å². The lowest BCUT2D eigenvalue weighted by Gasteiger charge is -2.18. The van der Waals surface area contributed by atoms with Gasteiger partial charge in [-0.25, -0.2) is 0 Å². The first-order chi connectivity index (χ1) is 13.2. The minimum atomic E-state index is -4.30. The molecule has 0 aliphatic carbocycles. The second kappa shape index (κ2) is 7.84. The number of nitrogens with zero attached hydrogens (tertiary/aromatic N) is 3. The first-order valence-corrected chi connectivity index (χ1v) is 8.56. The quantitative estimate of drug-likeness (QED) is 0.633. The van der Waals surface area contributed by atoms with E-state index in [9.17, 15) is 18.0 Å². The zero-order valence-corrected chi connectivity index (χ0v) is 15.3. The van der Waals surface area contributed by atoms with Gasteiger partial charge in [-0.1, -0.05) is 17.7 Å². The average molecular weight is 389 g/mol. The van der Waals surface area contributed by atoms with Gasteiger partial charge in [-0.3, -0.25) is 4.79 Å². The molecule has 0 N–H and O–H groups in total. The van der Waals surface area contributed by atoms with Crippen LogP contribution in [0.2, 0.25) is 0 Å². The van der Waals surface area contributed by atoms with Gasteiger partial charge in [-0.05, 0) is 43.3 Å². The first kappa shape index (κ1) is 19.6. The van der Waals surface area contributed by atoms with E-state index < -0.39 is 25.0 Å². The summed E-state index contributed by atoms with van der Waals surface area (Å²) in [5.74, 6) is 0.184. The summed E-state index contributed by atoms with van der Waals surface area (Å²) in [6, 6.07) is 13.9. The molecule has 2 aromatic carbocycles. The van der Waals surface area contributed by atoms with Gasteiger partial charge in [0.05, 0.1) is 6.42 Å². The third kappa shape index (κ3) is 4.76. The summed E-state index contributed by atoms with van der Waals surface area (Å²) < 4.78 is 42.6. The van der Waals surface area contributed by atoms with Crippen molar-refractivity contribution in [3.8, 4) is 22.9 Å². The summed E-state index contributed by atoms with van der Waals surface area (Å²) in [5, 5.41) is 8.04. The molecule has 1 amide bonds. The largest absolute Gasteiger partial charge is 0.416 e. The van der Waals surface area contributed by atoms with Crippen LogP contribution in [0.3, 0.4) is 0 Å². The summed E-state index contributed by atoms with van der Waals surface area (Å²) in [5.41, 5.74) is 2.80. The van der Waals surface area contributed by atoms with E-state index in [1.165, 1.54) is 19.2 Å². The van der Waals surface area contributed by atoms with Crippen molar-refractivity contribution in [2.45, 2.75) is 19.5 Å². The van der Waals surface area contributed by atoms with Gasteiger partial charge in [0.1, 0.15) is 0 Å². The molecule has 3 rings (SSSR count). The Bertz CT molecular complexity index is 948. The number of hydrogen-bond donors (Lipinski definition) is 0. The molecule has 0 aliphatic rings. The Morgan fingerprint density at radius 3 is 1.96 bits per heavy atom. The molecule has 3 aromatic rings. The number of halogens is 3. The summed E-state index contributed by atoms with van der Waals surface area (Å²) >= 11 is 0. The molecule has 0 radical (unpaired) electrons. The molecular formula is C20H18F3N3O2. The minimum absolute atomic E-state index is 0.284. The second-order valence-electron chi connectivity index (χ2n) is 6.45. The van der Waals surface area contributed by atoms with Crippen LogP contribution in [-0.2, 0) is 0 Å². The molecule has 0 spiro atoms. The highest BCUT2D eigenvalue weighted by Gasteiger charge is 2.28. The Balaban J connectivity index is 1.71. The number of hydrogen-bond acceptors (Lipinski definition) is 4. The fraction of sp³-hybridized carbons (Fsp3) is 0.250. The van der Waals surface area contributed by atoms with Crippen LogP contribution in [0.15, 0.2) is 52.9 Å². The Morgan fingerprint density at radius 1 is 0.964 bits per heavy atom. The van der Waals surface area contributed by atoms with Crippen molar-refractivity contribution in [1.82, 2.24) is 15.1 Å². The predicted octanol–water partition coefficient (Wildman–Crippen LogP) is 4.74. The molecule has 146 valence electrons. The van der Waals surface area contributed by atoms with Gasteiger partial charge < -0.3 is 9.32 Å². The molecule has 0 unspecified atom stereocenters. The van der Waals surface area contributed by atoms with Gasteiger partial charge in [0.2, 0.25) is 11.8 Å². The van der Waals surface area contributed by atoms with E-state index in [0.717, 1.165) is 16.0 Å². The Labute approximate surface area is 159 Å². The predicted molar refractivity (Wildman–Crippen MR) is 97.5 cm³/mol. The van der Waals surface area contributed by atoms with Crippen LogP contribution < -0.4 is 0 Å².